The molecule has 0 radical (unpaired) electrons. The smallest absolute Gasteiger partial charge is 0.245 e. The molecule has 1 fully saturated rings. The van der Waals surface area contributed by atoms with Crippen LogP contribution in [0.4, 0.5) is 5.95 Å². The van der Waals surface area contributed by atoms with E-state index in [1.165, 1.54) is 0 Å². The maximum Gasteiger partial charge on any atom is 0.245 e. The van der Waals surface area contributed by atoms with Crippen molar-refractivity contribution in [2.75, 3.05) is 25.1 Å². The maximum absolute atomic E-state index is 5.88. The number of hydrogen-bond acceptors (Lipinski definition) is 5. The average Bonchev–Trinajstić information content (AvgIpc) is 2.90. The third kappa shape index (κ3) is 2.29. The van der Waals surface area contributed by atoms with Gasteiger partial charge in [0.25, 0.3) is 0 Å². The van der Waals surface area contributed by atoms with Crippen LogP contribution in [0.15, 0.2) is 24.4 Å². The second kappa shape index (κ2) is 5.14. The van der Waals surface area contributed by atoms with Crippen molar-refractivity contribution in [3.05, 3.63) is 24.4 Å². The third-order valence-corrected chi connectivity index (χ3v) is 3.76. The van der Waals surface area contributed by atoms with Crippen molar-refractivity contribution in [2.45, 2.75) is 25.0 Å². The number of nitrogens with two attached hydrogens (primary N) is 1. The first-order valence-corrected chi connectivity index (χ1v) is 6.62. The molecule has 1 aliphatic heterocycles. The zero-order valence-electron chi connectivity index (χ0n) is 11.1. The van der Waals surface area contributed by atoms with Gasteiger partial charge in [0, 0.05) is 32.4 Å². The molecule has 0 aliphatic carbocycles. The van der Waals surface area contributed by atoms with Crippen LogP contribution in [-0.2, 0) is 4.74 Å². The predicted octanol–water partition coefficient (Wildman–Crippen LogP) is 0.672. The van der Waals surface area contributed by atoms with Gasteiger partial charge < -0.3 is 15.4 Å². The Labute approximate surface area is 112 Å². The van der Waals surface area contributed by atoms with Gasteiger partial charge in [0.2, 0.25) is 5.95 Å². The standard InChI is InChI=1S/C13H19N5O/c1-19-11-5-7-17(10(8-11)9-14)13-15-12-4-2-3-6-18(12)16-13/h2-4,6,10-11H,5,7-9,14H2,1H3. The molecule has 0 amide bonds. The summed E-state index contributed by atoms with van der Waals surface area (Å²) in [6.45, 7) is 1.48. The molecule has 1 aliphatic rings. The van der Waals surface area contributed by atoms with Gasteiger partial charge in [-0.25, -0.2) is 4.52 Å². The number of anilines is 1. The molecule has 0 saturated carbocycles. The Bertz CT molecular complexity index is 522. The molecule has 2 atom stereocenters. The molecule has 3 heterocycles. The Balaban J connectivity index is 1.87. The topological polar surface area (TPSA) is 68.7 Å². The molecule has 2 unspecified atom stereocenters. The molecule has 2 aromatic rings. The summed E-state index contributed by atoms with van der Waals surface area (Å²) in [7, 11) is 1.76. The van der Waals surface area contributed by atoms with E-state index in [1.54, 1.807) is 11.6 Å². The highest BCUT2D eigenvalue weighted by Crippen LogP contribution is 2.23. The summed E-state index contributed by atoms with van der Waals surface area (Å²) in [5.41, 5.74) is 6.75. The summed E-state index contributed by atoms with van der Waals surface area (Å²) < 4.78 is 7.24. The lowest BCUT2D eigenvalue weighted by atomic mass is 10.00. The van der Waals surface area contributed by atoms with Crippen molar-refractivity contribution in [1.29, 1.82) is 0 Å². The van der Waals surface area contributed by atoms with E-state index in [-0.39, 0.29) is 6.04 Å². The van der Waals surface area contributed by atoms with Gasteiger partial charge >= 0.3 is 0 Å². The molecular weight excluding hydrogens is 242 g/mol. The number of ether oxygens (including phenoxy) is 1. The average molecular weight is 261 g/mol. The van der Waals surface area contributed by atoms with Crippen LogP contribution in [0.5, 0.6) is 0 Å². The zero-order chi connectivity index (χ0) is 13.2. The summed E-state index contributed by atoms with van der Waals surface area (Å²) in [5, 5.41) is 4.52. The predicted molar refractivity (Wildman–Crippen MR) is 73.2 cm³/mol. The molecule has 1 saturated heterocycles. The van der Waals surface area contributed by atoms with Crippen LogP contribution in [0.2, 0.25) is 0 Å². The van der Waals surface area contributed by atoms with Crippen molar-refractivity contribution in [3.63, 3.8) is 0 Å². The van der Waals surface area contributed by atoms with Gasteiger partial charge in [-0.1, -0.05) is 6.07 Å². The van der Waals surface area contributed by atoms with Gasteiger partial charge in [-0.3, -0.25) is 0 Å². The lowest BCUT2D eigenvalue weighted by Gasteiger charge is -2.37. The van der Waals surface area contributed by atoms with Crippen molar-refractivity contribution in [3.8, 4) is 0 Å². The summed E-state index contributed by atoms with van der Waals surface area (Å²) in [5.74, 6) is 0.760. The minimum atomic E-state index is 0.246. The summed E-state index contributed by atoms with van der Waals surface area (Å²) in [4.78, 5) is 6.76. The molecular formula is C13H19N5O. The number of piperidine rings is 1. The SMILES string of the molecule is COC1CCN(c2nc3ccccn3n2)C(CN)C1. The van der Waals surface area contributed by atoms with Gasteiger partial charge in [-0.05, 0) is 25.0 Å². The molecule has 0 bridgehead atoms. The fraction of sp³-hybridized carbons (Fsp3) is 0.538. The first kappa shape index (κ1) is 12.4. The minimum absolute atomic E-state index is 0.246. The molecule has 6 heteroatoms. The highest BCUT2D eigenvalue weighted by Gasteiger charge is 2.29. The van der Waals surface area contributed by atoms with Crippen molar-refractivity contribution in [1.82, 2.24) is 14.6 Å². The van der Waals surface area contributed by atoms with Crippen LogP contribution in [0, 0.1) is 0 Å². The lowest BCUT2D eigenvalue weighted by molar-refractivity contribution is 0.0706. The zero-order valence-corrected chi connectivity index (χ0v) is 11.1. The van der Waals surface area contributed by atoms with Crippen LogP contribution < -0.4 is 10.6 Å². The second-order valence-electron chi connectivity index (χ2n) is 4.88. The summed E-state index contributed by atoms with van der Waals surface area (Å²) in [6.07, 6.45) is 4.12. The van der Waals surface area contributed by atoms with Gasteiger partial charge in [0.05, 0.1) is 6.10 Å². The molecule has 3 rings (SSSR count). The number of aromatic nitrogens is 3. The Morgan fingerprint density at radius 2 is 2.37 bits per heavy atom. The highest BCUT2D eigenvalue weighted by atomic mass is 16.5. The second-order valence-corrected chi connectivity index (χ2v) is 4.88. The number of methoxy groups -OCH3 is 1. The Hall–Kier alpha value is -1.66. The Morgan fingerprint density at radius 1 is 1.47 bits per heavy atom. The summed E-state index contributed by atoms with van der Waals surface area (Å²) >= 11 is 0. The van der Waals surface area contributed by atoms with Crippen LogP contribution >= 0.6 is 0 Å². The number of pyridine rings is 1. The lowest BCUT2D eigenvalue weighted by Crippen LogP contribution is -2.49. The minimum Gasteiger partial charge on any atom is -0.381 e. The highest BCUT2D eigenvalue weighted by molar-refractivity contribution is 5.45. The first-order valence-electron chi connectivity index (χ1n) is 6.62. The number of nitrogens with zero attached hydrogens (tertiary/aromatic N) is 4. The fourth-order valence-corrected chi connectivity index (χ4v) is 2.66. The molecule has 0 spiro atoms. The molecule has 2 N–H and O–H groups in total. The number of fused-ring (bicyclic) bond motifs is 1. The fourth-order valence-electron chi connectivity index (χ4n) is 2.66. The Kier molecular flexibility index (Phi) is 3.35. The van der Waals surface area contributed by atoms with E-state index in [0.29, 0.717) is 12.6 Å². The molecule has 102 valence electrons. The number of hydrogen-bond donors (Lipinski definition) is 1. The van der Waals surface area contributed by atoms with Crippen LogP contribution in [-0.4, -0.2) is 46.9 Å². The van der Waals surface area contributed by atoms with Crippen LogP contribution in [0.3, 0.4) is 0 Å². The largest absolute Gasteiger partial charge is 0.381 e. The number of rotatable bonds is 3. The van der Waals surface area contributed by atoms with E-state index in [0.717, 1.165) is 31.0 Å². The third-order valence-electron chi connectivity index (χ3n) is 3.76. The van der Waals surface area contributed by atoms with E-state index in [1.807, 2.05) is 24.4 Å². The first-order chi connectivity index (χ1) is 9.31. The van der Waals surface area contributed by atoms with Crippen LogP contribution in [0.25, 0.3) is 5.65 Å². The van der Waals surface area contributed by atoms with Crippen molar-refractivity contribution < 1.29 is 4.74 Å². The van der Waals surface area contributed by atoms with E-state index in [4.69, 9.17) is 10.5 Å². The quantitative estimate of drug-likeness (QED) is 0.879. The molecule has 6 nitrogen and oxygen atoms in total. The van der Waals surface area contributed by atoms with Gasteiger partial charge in [-0.2, -0.15) is 4.98 Å². The molecule has 0 aromatic carbocycles. The van der Waals surface area contributed by atoms with Gasteiger partial charge in [0.15, 0.2) is 5.65 Å². The van der Waals surface area contributed by atoms with Crippen molar-refractivity contribution in [2.24, 2.45) is 5.73 Å². The normalized spacial score (nSPS) is 24.0. The van der Waals surface area contributed by atoms with Crippen LogP contribution in [0.1, 0.15) is 12.8 Å². The van der Waals surface area contributed by atoms with Crippen molar-refractivity contribution >= 4 is 11.6 Å². The summed E-state index contributed by atoms with van der Waals surface area (Å²) in [6, 6.07) is 6.11. The van der Waals surface area contributed by atoms with Gasteiger partial charge in [-0.15, -0.1) is 5.10 Å². The molecule has 2 aromatic heterocycles. The monoisotopic (exact) mass is 261 g/mol. The molecule has 19 heavy (non-hydrogen) atoms. The van der Waals surface area contributed by atoms with E-state index in [2.05, 4.69) is 15.0 Å². The van der Waals surface area contributed by atoms with E-state index >= 15 is 0 Å². The van der Waals surface area contributed by atoms with Gasteiger partial charge in [0.1, 0.15) is 0 Å². The van der Waals surface area contributed by atoms with E-state index < -0.39 is 0 Å². The Morgan fingerprint density at radius 3 is 3.11 bits per heavy atom. The van der Waals surface area contributed by atoms with E-state index in [9.17, 15) is 0 Å². The maximum atomic E-state index is 5.88.